The Bertz CT molecular complexity index is 182. The molecule has 1 aliphatic heterocycles. The molecule has 0 aromatic rings. The highest BCUT2D eigenvalue weighted by molar-refractivity contribution is 4.86. The van der Waals surface area contributed by atoms with Crippen LogP contribution in [0, 0.1) is 0 Å². The van der Waals surface area contributed by atoms with Crippen LogP contribution in [0.25, 0.3) is 0 Å². The maximum absolute atomic E-state index is 10.5. The minimum absolute atomic E-state index is 0.360. The zero-order valence-electron chi connectivity index (χ0n) is 8.91. The normalized spacial score (nSPS) is 30.4. The highest BCUT2D eigenvalue weighted by atomic mass is 16.3. The van der Waals surface area contributed by atoms with Crippen LogP contribution < -0.4 is 5.73 Å². The van der Waals surface area contributed by atoms with Crippen LogP contribution in [0.5, 0.6) is 0 Å². The summed E-state index contributed by atoms with van der Waals surface area (Å²) >= 11 is 0. The summed E-state index contributed by atoms with van der Waals surface area (Å²) in [6, 6.07) is 0.360. The topological polar surface area (TPSA) is 49.5 Å². The molecule has 1 heterocycles. The lowest BCUT2D eigenvalue weighted by Gasteiger charge is -2.45. The van der Waals surface area contributed by atoms with E-state index in [-0.39, 0.29) is 0 Å². The zero-order valence-corrected chi connectivity index (χ0v) is 8.91. The maximum atomic E-state index is 10.5. The molecule has 1 saturated heterocycles. The molecule has 0 unspecified atom stereocenters. The molecule has 2 aliphatic rings. The number of nitrogens with two attached hydrogens (primary N) is 1. The van der Waals surface area contributed by atoms with E-state index in [2.05, 4.69) is 4.90 Å². The van der Waals surface area contributed by atoms with Gasteiger partial charge in [0.15, 0.2) is 0 Å². The number of piperidine rings is 1. The molecule has 82 valence electrons. The lowest BCUT2D eigenvalue weighted by molar-refractivity contribution is -0.139. The van der Waals surface area contributed by atoms with Gasteiger partial charge >= 0.3 is 0 Å². The number of likely N-dealkylation sites (tertiary alicyclic amines) is 1. The fraction of sp³-hybridized carbons (Fsp3) is 1.00. The quantitative estimate of drug-likeness (QED) is 0.662. The zero-order chi connectivity index (χ0) is 10.0. The lowest BCUT2D eigenvalue weighted by Crippen LogP contribution is -2.54. The Hall–Kier alpha value is -0.120. The Morgan fingerprint density at radius 3 is 2.21 bits per heavy atom. The predicted molar refractivity (Wildman–Crippen MR) is 56.8 cm³/mol. The first-order valence-electron chi connectivity index (χ1n) is 5.94. The molecular formula is C11H22N2O. The van der Waals surface area contributed by atoms with Crippen LogP contribution in [0.1, 0.15) is 44.9 Å². The third-order valence-electron chi connectivity index (χ3n) is 3.78. The standard InChI is InChI=1S/C11H22N2O/c12-10-4-8-13(9-5-10)11(14)6-2-1-3-7-11/h10,14H,1-9,12H2. The molecule has 3 heteroatoms. The second kappa shape index (κ2) is 4.17. The van der Waals surface area contributed by atoms with E-state index in [0.717, 1.165) is 38.8 Å². The van der Waals surface area contributed by atoms with Crippen molar-refractivity contribution in [1.29, 1.82) is 0 Å². The van der Waals surface area contributed by atoms with Crippen LogP contribution in [-0.4, -0.2) is 34.9 Å². The van der Waals surface area contributed by atoms with Crippen LogP contribution in [0.4, 0.5) is 0 Å². The van der Waals surface area contributed by atoms with Crippen LogP contribution >= 0.6 is 0 Å². The minimum Gasteiger partial charge on any atom is -0.376 e. The van der Waals surface area contributed by atoms with Gasteiger partial charge in [-0.2, -0.15) is 0 Å². The molecule has 0 aromatic heterocycles. The van der Waals surface area contributed by atoms with Crippen LogP contribution in [0.15, 0.2) is 0 Å². The van der Waals surface area contributed by atoms with Gasteiger partial charge in [-0.15, -0.1) is 0 Å². The molecule has 0 radical (unpaired) electrons. The predicted octanol–water partition coefficient (Wildman–Crippen LogP) is 1.06. The molecule has 0 bridgehead atoms. The molecule has 2 fully saturated rings. The molecule has 1 aliphatic carbocycles. The fourth-order valence-electron chi connectivity index (χ4n) is 2.75. The van der Waals surface area contributed by atoms with Gasteiger partial charge in [-0.3, -0.25) is 4.90 Å². The summed E-state index contributed by atoms with van der Waals surface area (Å²) in [6.07, 6.45) is 7.66. The number of hydrogen-bond acceptors (Lipinski definition) is 3. The number of nitrogens with zero attached hydrogens (tertiary/aromatic N) is 1. The van der Waals surface area contributed by atoms with Crippen molar-refractivity contribution in [3.8, 4) is 0 Å². The third kappa shape index (κ3) is 2.10. The van der Waals surface area contributed by atoms with Crippen molar-refractivity contribution in [2.45, 2.75) is 56.7 Å². The summed E-state index contributed by atoms with van der Waals surface area (Å²) in [5.41, 5.74) is 5.37. The summed E-state index contributed by atoms with van der Waals surface area (Å²) in [5.74, 6) is 0. The van der Waals surface area contributed by atoms with E-state index in [1.807, 2.05) is 0 Å². The number of aliphatic hydroxyl groups is 1. The summed E-state index contributed by atoms with van der Waals surface area (Å²) < 4.78 is 0. The lowest BCUT2D eigenvalue weighted by atomic mass is 9.88. The number of hydrogen-bond donors (Lipinski definition) is 2. The molecule has 0 aromatic carbocycles. The van der Waals surface area contributed by atoms with Gasteiger partial charge in [0.2, 0.25) is 0 Å². The largest absolute Gasteiger partial charge is 0.376 e. The van der Waals surface area contributed by atoms with E-state index < -0.39 is 5.72 Å². The molecular weight excluding hydrogens is 176 g/mol. The summed E-state index contributed by atoms with van der Waals surface area (Å²) in [6.45, 7) is 1.97. The highest BCUT2D eigenvalue weighted by Crippen LogP contribution is 2.32. The van der Waals surface area contributed by atoms with Crippen molar-refractivity contribution < 1.29 is 5.11 Å². The second-order valence-electron chi connectivity index (χ2n) is 4.87. The molecule has 0 atom stereocenters. The smallest absolute Gasteiger partial charge is 0.118 e. The van der Waals surface area contributed by atoms with E-state index >= 15 is 0 Å². The minimum atomic E-state index is -0.488. The molecule has 14 heavy (non-hydrogen) atoms. The Morgan fingerprint density at radius 1 is 1.07 bits per heavy atom. The van der Waals surface area contributed by atoms with E-state index in [4.69, 9.17) is 5.73 Å². The molecule has 0 spiro atoms. The fourth-order valence-corrected chi connectivity index (χ4v) is 2.75. The molecule has 1 saturated carbocycles. The second-order valence-corrected chi connectivity index (χ2v) is 4.87. The molecule has 2 rings (SSSR count). The van der Waals surface area contributed by atoms with Gasteiger partial charge in [-0.25, -0.2) is 0 Å². The van der Waals surface area contributed by atoms with Gasteiger partial charge in [0.25, 0.3) is 0 Å². The van der Waals surface area contributed by atoms with Gasteiger partial charge in [-0.1, -0.05) is 6.42 Å². The maximum Gasteiger partial charge on any atom is 0.118 e. The SMILES string of the molecule is NC1CCN(C2(O)CCCCC2)CC1. The Kier molecular flexibility index (Phi) is 3.10. The van der Waals surface area contributed by atoms with Crippen LogP contribution in [-0.2, 0) is 0 Å². The summed E-state index contributed by atoms with van der Waals surface area (Å²) in [5, 5.41) is 10.5. The van der Waals surface area contributed by atoms with Gasteiger partial charge in [0, 0.05) is 19.1 Å². The Labute approximate surface area is 86.3 Å². The first-order valence-corrected chi connectivity index (χ1v) is 5.94. The summed E-state index contributed by atoms with van der Waals surface area (Å²) in [7, 11) is 0. The monoisotopic (exact) mass is 198 g/mol. The van der Waals surface area contributed by atoms with Gasteiger partial charge < -0.3 is 10.8 Å². The first-order chi connectivity index (χ1) is 6.71. The van der Waals surface area contributed by atoms with E-state index in [1.54, 1.807) is 0 Å². The Balaban J connectivity index is 1.92. The van der Waals surface area contributed by atoms with Crippen LogP contribution in [0.2, 0.25) is 0 Å². The van der Waals surface area contributed by atoms with Crippen molar-refractivity contribution in [2.24, 2.45) is 5.73 Å². The highest BCUT2D eigenvalue weighted by Gasteiger charge is 2.36. The van der Waals surface area contributed by atoms with Crippen molar-refractivity contribution in [3.05, 3.63) is 0 Å². The van der Waals surface area contributed by atoms with Crippen LogP contribution in [0.3, 0.4) is 0 Å². The Morgan fingerprint density at radius 2 is 1.64 bits per heavy atom. The average molecular weight is 198 g/mol. The average Bonchev–Trinajstić information content (AvgIpc) is 2.19. The molecule has 3 nitrogen and oxygen atoms in total. The van der Waals surface area contributed by atoms with Crippen molar-refractivity contribution >= 4 is 0 Å². The third-order valence-corrected chi connectivity index (χ3v) is 3.78. The molecule has 0 amide bonds. The molecule has 3 N–H and O–H groups in total. The van der Waals surface area contributed by atoms with Gasteiger partial charge in [0.05, 0.1) is 0 Å². The van der Waals surface area contributed by atoms with E-state index in [0.29, 0.717) is 6.04 Å². The van der Waals surface area contributed by atoms with Crippen molar-refractivity contribution in [1.82, 2.24) is 4.90 Å². The van der Waals surface area contributed by atoms with Crippen molar-refractivity contribution in [3.63, 3.8) is 0 Å². The van der Waals surface area contributed by atoms with Crippen molar-refractivity contribution in [2.75, 3.05) is 13.1 Å². The first kappa shape index (κ1) is 10.4. The van der Waals surface area contributed by atoms with Gasteiger partial charge in [0.1, 0.15) is 5.72 Å². The van der Waals surface area contributed by atoms with E-state index in [1.165, 1.54) is 19.3 Å². The number of rotatable bonds is 1. The van der Waals surface area contributed by atoms with E-state index in [9.17, 15) is 5.11 Å². The van der Waals surface area contributed by atoms with Gasteiger partial charge in [-0.05, 0) is 38.5 Å². The summed E-state index contributed by atoms with van der Waals surface area (Å²) in [4.78, 5) is 2.26.